The van der Waals surface area contributed by atoms with Crippen LogP contribution in [0.3, 0.4) is 0 Å². The van der Waals surface area contributed by atoms with Crippen molar-refractivity contribution in [3.8, 4) is 0 Å². The molecule has 1 saturated carbocycles. The first-order valence-corrected chi connectivity index (χ1v) is 7.78. The van der Waals surface area contributed by atoms with E-state index in [1.165, 1.54) is 30.4 Å². The second kappa shape index (κ2) is 5.57. The lowest BCUT2D eigenvalue weighted by atomic mass is 9.85. The molecule has 1 aliphatic heterocycles. The van der Waals surface area contributed by atoms with E-state index in [1.54, 1.807) is 0 Å². The first-order chi connectivity index (χ1) is 9.65. The molecule has 2 fully saturated rings. The number of nitrogens with one attached hydrogen (secondary N) is 1. The minimum atomic E-state index is 0.0734. The number of rotatable bonds is 4. The molecular weight excluding hydrogens is 248 g/mol. The monoisotopic (exact) mass is 272 g/mol. The number of hydrogen-bond acceptors (Lipinski definition) is 2. The highest BCUT2D eigenvalue weighted by Crippen LogP contribution is 2.31. The van der Waals surface area contributed by atoms with Crippen molar-refractivity contribution in [1.82, 2.24) is 10.2 Å². The van der Waals surface area contributed by atoms with Gasteiger partial charge in [-0.05, 0) is 35.8 Å². The highest BCUT2D eigenvalue weighted by Gasteiger charge is 2.34. The summed E-state index contributed by atoms with van der Waals surface area (Å²) in [6.45, 7) is 5.80. The molecule has 3 rings (SSSR count). The van der Waals surface area contributed by atoms with E-state index in [0.29, 0.717) is 12.5 Å². The number of amides is 1. The molecule has 20 heavy (non-hydrogen) atoms. The maximum Gasteiger partial charge on any atom is 0.238 e. The second-order valence-corrected chi connectivity index (χ2v) is 6.45. The minimum absolute atomic E-state index is 0.0734. The summed E-state index contributed by atoms with van der Waals surface area (Å²) >= 11 is 0. The Morgan fingerprint density at radius 2 is 1.95 bits per heavy atom. The zero-order valence-corrected chi connectivity index (χ0v) is 12.4. The third-order valence-electron chi connectivity index (χ3n) is 4.68. The number of hydrogen-bond donors (Lipinski definition) is 1. The first-order valence-electron chi connectivity index (χ1n) is 7.78. The topological polar surface area (TPSA) is 32.3 Å². The van der Waals surface area contributed by atoms with Crippen LogP contribution in [0.15, 0.2) is 24.3 Å². The second-order valence-electron chi connectivity index (χ2n) is 6.45. The van der Waals surface area contributed by atoms with Gasteiger partial charge in [0.2, 0.25) is 5.91 Å². The fourth-order valence-electron chi connectivity index (χ4n) is 3.06. The van der Waals surface area contributed by atoms with Crippen LogP contribution in [-0.2, 0) is 4.79 Å². The van der Waals surface area contributed by atoms with E-state index in [9.17, 15) is 4.79 Å². The molecule has 108 valence electrons. The highest BCUT2D eigenvalue weighted by atomic mass is 16.2. The van der Waals surface area contributed by atoms with E-state index in [0.717, 1.165) is 12.5 Å². The first kappa shape index (κ1) is 13.6. The Labute approximate surface area is 121 Å². The summed E-state index contributed by atoms with van der Waals surface area (Å²) in [5.41, 5.74) is 2.56. The van der Waals surface area contributed by atoms with Gasteiger partial charge in [-0.25, -0.2) is 0 Å². The van der Waals surface area contributed by atoms with E-state index < -0.39 is 0 Å². The van der Waals surface area contributed by atoms with Gasteiger partial charge in [0.25, 0.3) is 0 Å². The molecule has 1 aromatic carbocycles. The third-order valence-corrected chi connectivity index (χ3v) is 4.68. The lowest BCUT2D eigenvalue weighted by Crippen LogP contribution is -2.36. The minimum Gasteiger partial charge on any atom is -0.322 e. The molecule has 1 unspecified atom stereocenters. The molecule has 3 heteroatoms. The Balaban J connectivity index is 1.74. The summed E-state index contributed by atoms with van der Waals surface area (Å²) in [5.74, 6) is 1.51. The predicted molar refractivity (Wildman–Crippen MR) is 80.3 cm³/mol. The van der Waals surface area contributed by atoms with Crippen LogP contribution in [0.5, 0.6) is 0 Å². The standard InChI is InChI=1S/C17H24N2O/c1-12(2)14-6-8-15(9-7-14)17-18-10-16(20)19(17)11-13-4-3-5-13/h6-9,12-13,17-18H,3-5,10-11H2,1-2H3. The van der Waals surface area contributed by atoms with Gasteiger partial charge in [-0.1, -0.05) is 44.5 Å². The summed E-state index contributed by atoms with van der Waals surface area (Å²) in [4.78, 5) is 14.1. The van der Waals surface area contributed by atoms with Crippen molar-refractivity contribution in [3.63, 3.8) is 0 Å². The van der Waals surface area contributed by atoms with E-state index >= 15 is 0 Å². The van der Waals surface area contributed by atoms with E-state index in [1.807, 2.05) is 4.90 Å². The largest absolute Gasteiger partial charge is 0.322 e. The van der Waals surface area contributed by atoms with Crippen LogP contribution in [0.2, 0.25) is 0 Å². The van der Waals surface area contributed by atoms with Gasteiger partial charge in [-0.2, -0.15) is 0 Å². The van der Waals surface area contributed by atoms with Crippen molar-refractivity contribution in [2.75, 3.05) is 13.1 Å². The summed E-state index contributed by atoms with van der Waals surface area (Å²) in [7, 11) is 0. The van der Waals surface area contributed by atoms with Crippen LogP contribution in [0, 0.1) is 5.92 Å². The molecule has 1 N–H and O–H groups in total. The van der Waals surface area contributed by atoms with E-state index in [-0.39, 0.29) is 12.1 Å². The maximum atomic E-state index is 12.1. The van der Waals surface area contributed by atoms with Crippen molar-refractivity contribution >= 4 is 5.91 Å². The Bertz CT molecular complexity index is 476. The number of carbonyl (C=O) groups is 1. The van der Waals surface area contributed by atoms with E-state index in [2.05, 4.69) is 43.4 Å². The normalized spacial score (nSPS) is 23.4. The van der Waals surface area contributed by atoms with Gasteiger partial charge in [-0.3, -0.25) is 10.1 Å². The average molecular weight is 272 g/mol. The van der Waals surface area contributed by atoms with Crippen molar-refractivity contribution in [1.29, 1.82) is 0 Å². The van der Waals surface area contributed by atoms with Crippen LogP contribution in [-0.4, -0.2) is 23.9 Å². The quantitative estimate of drug-likeness (QED) is 0.913. The molecule has 1 heterocycles. The van der Waals surface area contributed by atoms with E-state index in [4.69, 9.17) is 0 Å². The molecule has 1 amide bonds. The molecule has 1 aromatic rings. The van der Waals surface area contributed by atoms with Gasteiger partial charge in [0.15, 0.2) is 0 Å². The van der Waals surface area contributed by atoms with Crippen LogP contribution in [0.1, 0.15) is 56.3 Å². The van der Waals surface area contributed by atoms with Gasteiger partial charge in [0.05, 0.1) is 6.54 Å². The molecule has 1 atom stereocenters. The molecule has 0 radical (unpaired) electrons. The van der Waals surface area contributed by atoms with Crippen molar-refractivity contribution in [2.45, 2.75) is 45.2 Å². The zero-order chi connectivity index (χ0) is 14.1. The lowest BCUT2D eigenvalue weighted by molar-refractivity contribution is -0.129. The van der Waals surface area contributed by atoms with Gasteiger partial charge in [-0.15, -0.1) is 0 Å². The van der Waals surface area contributed by atoms with Crippen LogP contribution in [0.4, 0.5) is 0 Å². The molecule has 1 saturated heterocycles. The summed E-state index contributed by atoms with van der Waals surface area (Å²) < 4.78 is 0. The van der Waals surface area contributed by atoms with Gasteiger partial charge in [0.1, 0.15) is 6.17 Å². The van der Waals surface area contributed by atoms with Crippen molar-refractivity contribution < 1.29 is 4.79 Å². The summed E-state index contributed by atoms with van der Waals surface area (Å²) in [5, 5.41) is 3.35. The third kappa shape index (κ3) is 2.59. The number of carbonyl (C=O) groups excluding carboxylic acids is 1. The van der Waals surface area contributed by atoms with Gasteiger partial charge >= 0.3 is 0 Å². The Morgan fingerprint density at radius 1 is 1.25 bits per heavy atom. The molecule has 1 aliphatic carbocycles. The fourth-order valence-corrected chi connectivity index (χ4v) is 3.06. The average Bonchev–Trinajstić information content (AvgIpc) is 2.75. The molecule has 0 aromatic heterocycles. The highest BCUT2D eigenvalue weighted by molar-refractivity contribution is 5.81. The van der Waals surface area contributed by atoms with Crippen molar-refractivity contribution in [2.24, 2.45) is 5.92 Å². The van der Waals surface area contributed by atoms with Gasteiger partial charge in [0, 0.05) is 6.54 Å². The lowest BCUT2D eigenvalue weighted by Gasteiger charge is -2.33. The Kier molecular flexibility index (Phi) is 3.79. The summed E-state index contributed by atoms with van der Waals surface area (Å²) in [6.07, 6.45) is 3.96. The smallest absolute Gasteiger partial charge is 0.238 e. The summed E-state index contributed by atoms with van der Waals surface area (Å²) in [6, 6.07) is 8.71. The van der Waals surface area contributed by atoms with Crippen LogP contribution in [0.25, 0.3) is 0 Å². The molecule has 0 bridgehead atoms. The molecular formula is C17H24N2O. The predicted octanol–water partition coefficient (Wildman–Crippen LogP) is 3.04. The molecule has 2 aliphatic rings. The fraction of sp³-hybridized carbons (Fsp3) is 0.588. The SMILES string of the molecule is CC(C)c1ccc(C2NCC(=O)N2CC2CCC2)cc1. The maximum absolute atomic E-state index is 12.1. The zero-order valence-electron chi connectivity index (χ0n) is 12.4. The Hall–Kier alpha value is -1.35. The van der Waals surface area contributed by atoms with Gasteiger partial charge < -0.3 is 4.90 Å². The van der Waals surface area contributed by atoms with Crippen LogP contribution < -0.4 is 5.32 Å². The van der Waals surface area contributed by atoms with Crippen molar-refractivity contribution in [3.05, 3.63) is 35.4 Å². The molecule has 0 spiro atoms. The number of nitrogens with zero attached hydrogens (tertiary/aromatic N) is 1. The number of benzene rings is 1. The Morgan fingerprint density at radius 3 is 2.50 bits per heavy atom. The van der Waals surface area contributed by atoms with Crippen LogP contribution >= 0.6 is 0 Å². The molecule has 3 nitrogen and oxygen atoms in total.